The second-order valence-electron chi connectivity index (χ2n) is 6.38. The molecule has 4 nitrogen and oxygen atoms in total. The quantitative estimate of drug-likeness (QED) is 0.705. The van der Waals surface area contributed by atoms with Crippen LogP contribution in [-0.4, -0.2) is 25.4 Å². The van der Waals surface area contributed by atoms with Crippen molar-refractivity contribution in [3.8, 4) is 0 Å². The molecular formula is C23H21FN2O2. The molecule has 5 heteroatoms. The lowest BCUT2D eigenvalue weighted by molar-refractivity contribution is 0.0954. The Bertz CT molecular complexity index is 956. The van der Waals surface area contributed by atoms with Gasteiger partial charge in [-0.1, -0.05) is 42.5 Å². The van der Waals surface area contributed by atoms with Crippen LogP contribution in [0.2, 0.25) is 0 Å². The topological polar surface area (TPSA) is 49.4 Å². The van der Waals surface area contributed by atoms with Gasteiger partial charge in [-0.25, -0.2) is 4.39 Å². The number of carbonyl (C=O) groups excluding carboxylic acids is 2. The molecule has 0 saturated carbocycles. The van der Waals surface area contributed by atoms with E-state index in [-0.39, 0.29) is 11.8 Å². The Balaban J connectivity index is 1.71. The normalized spacial score (nSPS) is 10.4. The van der Waals surface area contributed by atoms with Gasteiger partial charge in [0.1, 0.15) is 5.82 Å². The number of hydrogen-bond donors (Lipinski definition) is 1. The van der Waals surface area contributed by atoms with Crippen LogP contribution in [0.25, 0.3) is 0 Å². The molecule has 3 aromatic carbocycles. The van der Waals surface area contributed by atoms with Gasteiger partial charge in [0.2, 0.25) is 0 Å². The summed E-state index contributed by atoms with van der Waals surface area (Å²) in [4.78, 5) is 26.8. The van der Waals surface area contributed by atoms with Crippen molar-refractivity contribution in [1.82, 2.24) is 5.32 Å². The van der Waals surface area contributed by atoms with Gasteiger partial charge in [0.15, 0.2) is 0 Å². The maximum atomic E-state index is 13.1. The summed E-state index contributed by atoms with van der Waals surface area (Å²) in [5.74, 6) is -0.966. The number of amides is 2. The maximum Gasteiger partial charge on any atom is 0.258 e. The lowest BCUT2D eigenvalue weighted by atomic mass is 10.1. The molecule has 0 aliphatic carbocycles. The number of para-hydroxylation sites is 1. The van der Waals surface area contributed by atoms with Gasteiger partial charge < -0.3 is 10.2 Å². The number of hydrogen-bond acceptors (Lipinski definition) is 2. The van der Waals surface area contributed by atoms with Crippen LogP contribution in [0.4, 0.5) is 10.1 Å². The standard InChI is InChI=1S/C23H21FN2O2/c1-26(23(28)18-11-13-19(24)14-12-18)21-10-6-5-9-20(21)22(27)25-16-15-17-7-3-2-4-8-17/h2-14H,15-16H2,1H3,(H,25,27). The smallest absolute Gasteiger partial charge is 0.258 e. The first-order valence-corrected chi connectivity index (χ1v) is 9.01. The largest absolute Gasteiger partial charge is 0.352 e. The molecule has 0 heterocycles. The zero-order valence-corrected chi connectivity index (χ0v) is 15.6. The predicted molar refractivity (Wildman–Crippen MR) is 108 cm³/mol. The van der Waals surface area contributed by atoms with Gasteiger partial charge in [0.05, 0.1) is 11.3 Å². The summed E-state index contributed by atoms with van der Waals surface area (Å²) >= 11 is 0. The Kier molecular flexibility index (Phi) is 6.17. The molecule has 28 heavy (non-hydrogen) atoms. The fourth-order valence-corrected chi connectivity index (χ4v) is 2.91. The fourth-order valence-electron chi connectivity index (χ4n) is 2.91. The van der Waals surface area contributed by atoms with Crippen LogP contribution in [0.1, 0.15) is 26.3 Å². The third kappa shape index (κ3) is 4.62. The number of halogens is 1. The number of carbonyl (C=O) groups is 2. The van der Waals surface area contributed by atoms with Crippen molar-refractivity contribution in [3.63, 3.8) is 0 Å². The number of nitrogens with one attached hydrogen (secondary N) is 1. The Morgan fingerprint density at radius 2 is 1.54 bits per heavy atom. The Morgan fingerprint density at radius 3 is 2.25 bits per heavy atom. The molecule has 2 amide bonds. The zero-order valence-electron chi connectivity index (χ0n) is 15.6. The van der Waals surface area contributed by atoms with E-state index in [9.17, 15) is 14.0 Å². The van der Waals surface area contributed by atoms with Crippen LogP contribution in [0, 0.1) is 5.82 Å². The molecule has 0 aliphatic rings. The molecule has 3 aromatic rings. The van der Waals surface area contributed by atoms with Crippen molar-refractivity contribution in [3.05, 3.63) is 101 Å². The summed E-state index contributed by atoms with van der Waals surface area (Å²) in [5, 5.41) is 2.90. The molecule has 3 rings (SSSR count). The van der Waals surface area contributed by atoms with E-state index in [0.29, 0.717) is 23.4 Å². The van der Waals surface area contributed by atoms with Gasteiger partial charge in [-0.15, -0.1) is 0 Å². The van der Waals surface area contributed by atoms with E-state index in [1.54, 1.807) is 31.3 Å². The number of nitrogens with zero attached hydrogens (tertiary/aromatic N) is 1. The van der Waals surface area contributed by atoms with Crippen LogP contribution in [-0.2, 0) is 6.42 Å². The monoisotopic (exact) mass is 376 g/mol. The zero-order chi connectivity index (χ0) is 19.9. The summed E-state index contributed by atoms with van der Waals surface area (Å²) in [6.07, 6.45) is 0.721. The van der Waals surface area contributed by atoms with Crippen molar-refractivity contribution in [2.75, 3.05) is 18.5 Å². The summed E-state index contributed by atoms with van der Waals surface area (Å²) in [5.41, 5.74) is 2.39. The minimum Gasteiger partial charge on any atom is -0.352 e. The summed E-state index contributed by atoms with van der Waals surface area (Å²) in [6.45, 7) is 0.493. The van der Waals surface area contributed by atoms with Crippen LogP contribution < -0.4 is 10.2 Å². The van der Waals surface area contributed by atoms with Crippen LogP contribution >= 0.6 is 0 Å². The highest BCUT2D eigenvalue weighted by molar-refractivity contribution is 6.10. The van der Waals surface area contributed by atoms with Crippen LogP contribution in [0.3, 0.4) is 0 Å². The van der Waals surface area contributed by atoms with Gasteiger partial charge in [0.25, 0.3) is 11.8 Å². The molecule has 0 fully saturated rings. The van der Waals surface area contributed by atoms with E-state index >= 15 is 0 Å². The van der Waals surface area contributed by atoms with E-state index < -0.39 is 5.82 Å². The van der Waals surface area contributed by atoms with Gasteiger partial charge >= 0.3 is 0 Å². The molecule has 0 aliphatic heterocycles. The molecule has 0 radical (unpaired) electrons. The highest BCUT2D eigenvalue weighted by Gasteiger charge is 2.19. The molecule has 0 saturated heterocycles. The lowest BCUT2D eigenvalue weighted by Gasteiger charge is -2.20. The Morgan fingerprint density at radius 1 is 0.893 bits per heavy atom. The third-order valence-electron chi connectivity index (χ3n) is 4.45. The van der Waals surface area contributed by atoms with E-state index in [1.807, 2.05) is 30.3 Å². The average molecular weight is 376 g/mol. The van der Waals surface area contributed by atoms with Crippen molar-refractivity contribution in [2.45, 2.75) is 6.42 Å². The van der Waals surface area contributed by atoms with E-state index in [2.05, 4.69) is 5.32 Å². The fraction of sp³-hybridized carbons (Fsp3) is 0.130. The summed E-state index contributed by atoms with van der Waals surface area (Å²) in [6, 6.07) is 22.1. The van der Waals surface area contributed by atoms with Crippen molar-refractivity contribution in [2.24, 2.45) is 0 Å². The van der Waals surface area contributed by atoms with Crippen molar-refractivity contribution < 1.29 is 14.0 Å². The summed E-state index contributed by atoms with van der Waals surface area (Å²) in [7, 11) is 1.60. The maximum absolute atomic E-state index is 13.1. The molecule has 0 bridgehead atoms. The second-order valence-corrected chi connectivity index (χ2v) is 6.38. The molecule has 0 unspecified atom stereocenters. The first-order chi connectivity index (χ1) is 13.6. The minimum atomic E-state index is -0.405. The highest BCUT2D eigenvalue weighted by Crippen LogP contribution is 2.21. The van der Waals surface area contributed by atoms with Gasteiger partial charge in [-0.3, -0.25) is 9.59 Å². The molecule has 0 aromatic heterocycles. The van der Waals surface area contributed by atoms with Gasteiger partial charge in [-0.05, 0) is 48.4 Å². The first-order valence-electron chi connectivity index (χ1n) is 9.01. The number of benzene rings is 3. The summed E-state index contributed by atoms with van der Waals surface area (Å²) < 4.78 is 13.1. The van der Waals surface area contributed by atoms with E-state index in [1.165, 1.54) is 29.2 Å². The molecule has 0 spiro atoms. The van der Waals surface area contributed by atoms with Gasteiger partial charge in [0, 0.05) is 19.2 Å². The van der Waals surface area contributed by atoms with Crippen LogP contribution in [0.5, 0.6) is 0 Å². The van der Waals surface area contributed by atoms with Gasteiger partial charge in [-0.2, -0.15) is 0 Å². The van der Waals surface area contributed by atoms with E-state index in [4.69, 9.17) is 0 Å². The molecule has 0 atom stereocenters. The van der Waals surface area contributed by atoms with Crippen LogP contribution in [0.15, 0.2) is 78.9 Å². The number of rotatable bonds is 6. The molecule has 1 N–H and O–H groups in total. The third-order valence-corrected chi connectivity index (χ3v) is 4.45. The average Bonchev–Trinajstić information content (AvgIpc) is 2.74. The van der Waals surface area contributed by atoms with Crippen molar-refractivity contribution >= 4 is 17.5 Å². The minimum absolute atomic E-state index is 0.245. The molecule has 142 valence electrons. The SMILES string of the molecule is CN(C(=O)c1ccc(F)cc1)c1ccccc1C(=O)NCCc1ccccc1. The van der Waals surface area contributed by atoms with E-state index in [0.717, 1.165) is 12.0 Å². The highest BCUT2D eigenvalue weighted by atomic mass is 19.1. The molecular weight excluding hydrogens is 355 g/mol. The second kappa shape index (κ2) is 8.95. The number of anilines is 1. The first kappa shape index (κ1) is 19.3. The Hall–Kier alpha value is -3.47. The van der Waals surface area contributed by atoms with Crippen molar-refractivity contribution in [1.29, 1.82) is 0 Å². The Labute approximate surface area is 163 Å². The predicted octanol–water partition coefficient (Wildman–Crippen LogP) is 4.07. The lowest BCUT2D eigenvalue weighted by Crippen LogP contribution is -2.31.